The molecule has 0 N–H and O–H groups in total. The number of alkyl halides is 1. The van der Waals surface area contributed by atoms with Crippen LogP contribution in [0.2, 0.25) is 0 Å². The molecule has 0 amide bonds. The second-order valence-electron chi connectivity index (χ2n) is 2.20. The number of allylic oxidation sites excluding steroid dienone is 1. The van der Waals surface area contributed by atoms with Crippen molar-refractivity contribution in [2.75, 3.05) is 12.5 Å². The van der Waals surface area contributed by atoms with E-state index in [4.69, 9.17) is 11.6 Å². The number of ether oxygens (including phenoxy) is 1. The summed E-state index contributed by atoms with van der Waals surface area (Å²) >= 11 is 5.45. The third-order valence-electron chi connectivity index (χ3n) is 1.13. The van der Waals surface area contributed by atoms with Crippen LogP contribution in [-0.2, 0) is 9.53 Å². The molecule has 0 aromatic heterocycles. The molecule has 0 saturated heterocycles. The first-order valence-corrected chi connectivity index (χ1v) is 4.72. The van der Waals surface area contributed by atoms with Crippen molar-refractivity contribution >= 4 is 17.6 Å². The van der Waals surface area contributed by atoms with Crippen LogP contribution in [-0.4, -0.2) is 18.5 Å². The lowest BCUT2D eigenvalue weighted by molar-refractivity contribution is -0.137. The smallest absolute Gasteiger partial charge is 0.331 e. The molecule has 2 nitrogen and oxygen atoms in total. The molecular formula is C10H13ClO2. The Hall–Kier alpha value is -0.940. The highest BCUT2D eigenvalue weighted by Gasteiger charge is 1.89. The minimum Gasteiger partial charge on any atom is -0.463 e. The number of esters is 1. The Bertz CT molecular complexity index is 223. The summed E-state index contributed by atoms with van der Waals surface area (Å²) < 4.78 is 4.65. The first kappa shape index (κ1) is 12.1. The second kappa shape index (κ2) is 9.15. The average Bonchev–Trinajstić information content (AvgIpc) is 2.11. The molecule has 0 unspecified atom stereocenters. The quantitative estimate of drug-likeness (QED) is 0.229. The molecule has 0 rings (SSSR count). The molecule has 0 spiro atoms. The first-order valence-electron chi connectivity index (χ1n) is 4.19. The predicted molar refractivity (Wildman–Crippen MR) is 53.5 cm³/mol. The van der Waals surface area contributed by atoms with Crippen LogP contribution in [0.15, 0.2) is 12.2 Å². The van der Waals surface area contributed by atoms with Gasteiger partial charge in [0.25, 0.3) is 0 Å². The van der Waals surface area contributed by atoms with Gasteiger partial charge >= 0.3 is 5.97 Å². The van der Waals surface area contributed by atoms with Crippen molar-refractivity contribution in [3.63, 3.8) is 0 Å². The normalized spacial score (nSPS) is 9.38. The fraction of sp³-hybridized carbons (Fsp3) is 0.500. The van der Waals surface area contributed by atoms with Crippen LogP contribution >= 0.6 is 11.6 Å². The zero-order valence-electron chi connectivity index (χ0n) is 7.68. The SMILES string of the molecule is CCOC(=O)/C=C/C#CCCCCl. The summed E-state index contributed by atoms with van der Waals surface area (Å²) in [5.74, 6) is 5.84. The standard InChI is InChI=1S/C10H13ClO2/c1-2-13-10(12)8-6-4-3-5-7-9-11/h6,8H,2,5,7,9H2,1H3/b8-6+. The van der Waals surface area contributed by atoms with Crippen LogP contribution in [0.1, 0.15) is 19.8 Å². The molecule has 0 aliphatic rings. The summed E-state index contributed by atoms with van der Waals surface area (Å²) in [6, 6.07) is 0. The van der Waals surface area contributed by atoms with E-state index >= 15 is 0 Å². The minimum atomic E-state index is -0.353. The van der Waals surface area contributed by atoms with Gasteiger partial charge in [-0.15, -0.1) is 11.6 Å². The van der Waals surface area contributed by atoms with Crippen LogP contribution in [0.5, 0.6) is 0 Å². The number of hydrogen-bond donors (Lipinski definition) is 0. The highest BCUT2D eigenvalue weighted by atomic mass is 35.5. The van der Waals surface area contributed by atoms with Crippen molar-refractivity contribution in [3.05, 3.63) is 12.2 Å². The molecule has 0 aromatic rings. The lowest BCUT2D eigenvalue weighted by Crippen LogP contribution is -1.98. The summed E-state index contributed by atoms with van der Waals surface area (Å²) in [4.78, 5) is 10.7. The van der Waals surface area contributed by atoms with E-state index in [1.54, 1.807) is 6.92 Å². The van der Waals surface area contributed by atoms with Gasteiger partial charge in [-0.1, -0.05) is 11.8 Å². The van der Waals surface area contributed by atoms with Crippen LogP contribution < -0.4 is 0 Å². The zero-order chi connectivity index (χ0) is 9.94. The summed E-state index contributed by atoms with van der Waals surface area (Å²) in [5, 5.41) is 0. The van der Waals surface area contributed by atoms with Crippen molar-refractivity contribution in [2.45, 2.75) is 19.8 Å². The molecule has 0 aromatic carbocycles. The van der Waals surface area contributed by atoms with Gasteiger partial charge in [-0.3, -0.25) is 0 Å². The Kier molecular flexibility index (Phi) is 8.49. The summed E-state index contributed by atoms with van der Waals surface area (Å²) in [6.07, 6.45) is 4.45. The lowest BCUT2D eigenvalue weighted by Gasteiger charge is -1.91. The largest absolute Gasteiger partial charge is 0.463 e. The molecule has 0 aliphatic carbocycles. The van der Waals surface area contributed by atoms with Gasteiger partial charge in [0.1, 0.15) is 0 Å². The van der Waals surface area contributed by atoms with E-state index in [1.807, 2.05) is 0 Å². The molecule has 0 atom stereocenters. The predicted octanol–water partition coefficient (Wildman–Crippen LogP) is 2.13. The van der Waals surface area contributed by atoms with E-state index < -0.39 is 0 Å². The Labute approximate surface area is 83.9 Å². The maximum absolute atomic E-state index is 10.7. The number of carbonyl (C=O) groups excluding carboxylic acids is 1. The maximum atomic E-state index is 10.7. The van der Waals surface area contributed by atoms with Crippen LogP contribution in [0.4, 0.5) is 0 Å². The van der Waals surface area contributed by atoms with E-state index in [0.717, 1.165) is 12.8 Å². The van der Waals surface area contributed by atoms with Gasteiger partial charge in [0.05, 0.1) is 6.61 Å². The van der Waals surface area contributed by atoms with E-state index in [-0.39, 0.29) is 5.97 Å². The highest BCUT2D eigenvalue weighted by Crippen LogP contribution is 1.88. The molecule has 3 heteroatoms. The number of carbonyl (C=O) groups is 1. The fourth-order valence-corrected chi connectivity index (χ4v) is 0.720. The van der Waals surface area contributed by atoms with Gasteiger partial charge in [-0.2, -0.15) is 0 Å². The van der Waals surface area contributed by atoms with Crippen molar-refractivity contribution in [2.24, 2.45) is 0 Å². The van der Waals surface area contributed by atoms with Gasteiger partial charge < -0.3 is 4.74 Å². The highest BCUT2D eigenvalue weighted by molar-refractivity contribution is 6.17. The molecule has 13 heavy (non-hydrogen) atoms. The Morgan fingerprint density at radius 1 is 1.62 bits per heavy atom. The third-order valence-corrected chi connectivity index (χ3v) is 1.39. The molecule has 0 heterocycles. The van der Waals surface area contributed by atoms with Crippen LogP contribution in [0.3, 0.4) is 0 Å². The van der Waals surface area contributed by atoms with E-state index in [2.05, 4.69) is 16.6 Å². The topological polar surface area (TPSA) is 26.3 Å². The van der Waals surface area contributed by atoms with Crippen molar-refractivity contribution in [1.82, 2.24) is 0 Å². The fourth-order valence-electron chi connectivity index (χ4n) is 0.586. The Morgan fingerprint density at radius 3 is 3.00 bits per heavy atom. The monoisotopic (exact) mass is 200 g/mol. The number of halogens is 1. The van der Waals surface area contributed by atoms with Gasteiger partial charge in [-0.25, -0.2) is 4.79 Å². The molecular weight excluding hydrogens is 188 g/mol. The van der Waals surface area contributed by atoms with E-state index in [0.29, 0.717) is 12.5 Å². The van der Waals surface area contributed by atoms with Gasteiger partial charge in [-0.05, 0) is 19.4 Å². The molecule has 0 fully saturated rings. The van der Waals surface area contributed by atoms with Crippen molar-refractivity contribution in [3.8, 4) is 11.8 Å². The molecule has 0 aliphatic heterocycles. The average molecular weight is 201 g/mol. The molecule has 0 bridgehead atoms. The summed E-state index contributed by atoms with van der Waals surface area (Å²) in [6.45, 7) is 2.15. The van der Waals surface area contributed by atoms with Gasteiger partial charge in [0.15, 0.2) is 0 Å². The van der Waals surface area contributed by atoms with Crippen LogP contribution in [0, 0.1) is 11.8 Å². The molecule has 72 valence electrons. The Morgan fingerprint density at radius 2 is 2.38 bits per heavy atom. The number of unbranched alkanes of at least 4 members (excludes halogenated alkanes) is 1. The number of rotatable bonds is 4. The zero-order valence-corrected chi connectivity index (χ0v) is 8.43. The third kappa shape index (κ3) is 8.97. The lowest BCUT2D eigenvalue weighted by atomic mass is 10.3. The Balaban J connectivity index is 3.58. The van der Waals surface area contributed by atoms with E-state index in [1.165, 1.54) is 12.2 Å². The molecule has 0 radical (unpaired) electrons. The maximum Gasteiger partial charge on any atom is 0.331 e. The van der Waals surface area contributed by atoms with Gasteiger partial charge in [0.2, 0.25) is 0 Å². The first-order chi connectivity index (χ1) is 6.31. The van der Waals surface area contributed by atoms with Crippen molar-refractivity contribution in [1.29, 1.82) is 0 Å². The summed E-state index contributed by atoms with van der Waals surface area (Å²) in [5.41, 5.74) is 0. The molecule has 0 saturated carbocycles. The van der Waals surface area contributed by atoms with Crippen molar-refractivity contribution < 1.29 is 9.53 Å². The minimum absolute atomic E-state index is 0.353. The second-order valence-corrected chi connectivity index (χ2v) is 2.58. The van der Waals surface area contributed by atoms with Gasteiger partial charge in [0, 0.05) is 18.4 Å². The van der Waals surface area contributed by atoms with Crippen LogP contribution in [0.25, 0.3) is 0 Å². The van der Waals surface area contributed by atoms with E-state index in [9.17, 15) is 4.79 Å². The summed E-state index contributed by atoms with van der Waals surface area (Å²) in [7, 11) is 0. The number of hydrogen-bond acceptors (Lipinski definition) is 2.